The Morgan fingerprint density at radius 1 is 1.29 bits per heavy atom. The molecule has 0 aliphatic carbocycles. The normalized spacial score (nSPS) is 14.0. The lowest BCUT2D eigenvalue weighted by atomic mass is 10.2. The Morgan fingerprint density at radius 2 is 2.04 bits per heavy atom. The molecule has 0 spiro atoms. The summed E-state index contributed by atoms with van der Waals surface area (Å²) in [6.07, 6.45) is 2.25. The summed E-state index contributed by atoms with van der Waals surface area (Å²) < 4.78 is 10.5. The average molecular weight is 331 g/mol. The van der Waals surface area contributed by atoms with Crippen LogP contribution in [0.25, 0.3) is 0 Å². The zero-order chi connectivity index (χ0) is 17.1. The fourth-order valence-electron chi connectivity index (χ4n) is 2.73. The van der Waals surface area contributed by atoms with E-state index < -0.39 is 0 Å². The van der Waals surface area contributed by atoms with Gasteiger partial charge in [-0.25, -0.2) is 0 Å². The quantitative estimate of drug-likeness (QED) is 0.889. The molecule has 0 radical (unpaired) electrons. The zero-order valence-electron chi connectivity index (χ0n) is 14.1. The van der Waals surface area contributed by atoms with Crippen molar-refractivity contribution >= 4 is 11.9 Å². The summed E-state index contributed by atoms with van der Waals surface area (Å²) >= 11 is 0. The number of ether oxygens (including phenoxy) is 1. The van der Waals surface area contributed by atoms with Crippen molar-refractivity contribution in [2.45, 2.75) is 33.2 Å². The summed E-state index contributed by atoms with van der Waals surface area (Å²) in [6.45, 7) is 5.61. The van der Waals surface area contributed by atoms with Crippen LogP contribution in [0.15, 0.2) is 10.5 Å². The molecule has 3 heterocycles. The van der Waals surface area contributed by atoms with Crippen molar-refractivity contribution < 1.29 is 13.9 Å². The summed E-state index contributed by atoms with van der Waals surface area (Å²) in [6, 6.07) is 1.97. The lowest BCUT2D eigenvalue weighted by Crippen LogP contribution is -2.26. The van der Waals surface area contributed by atoms with Crippen molar-refractivity contribution in [2.24, 2.45) is 0 Å². The van der Waals surface area contributed by atoms with Gasteiger partial charge in [0.15, 0.2) is 5.82 Å². The summed E-state index contributed by atoms with van der Waals surface area (Å²) in [5.74, 6) is 2.15. The number of aryl methyl sites for hydroxylation is 2. The molecule has 0 atom stereocenters. The molecule has 1 aliphatic rings. The van der Waals surface area contributed by atoms with Crippen LogP contribution in [-0.4, -0.2) is 41.1 Å². The van der Waals surface area contributed by atoms with Gasteiger partial charge in [0.05, 0.1) is 19.2 Å². The number of anilines is 1. The number of amides is 1. The van der Waals surface area contributed by atoms with Gasteiger partial charge < -0.3 is 19.4 Å². The van der Waals surface area contributed by atoms with Crippen molar-refractivity contribution in [1.82, 2.24) is 20.3 Å². The molecule has 2 aromatic heterocycles. The minimum Gasteiger partial charge on any atom is -0.467 e. The Bertz CT molecular complexity index is 737. The number of nitrogens with one attached hydrogen (secondary N) is 1. The first-order valence-electron chi connectivity index (χ1n) is 7.96. The number of hydrogen-bond donors (Lipinski definition) is 1. The number of nitrogens with zero attached hydrogens (tertiary/aromatic N) is 4. The second-order valence-corrected chi connectivity index (χ2v) is 5.74. The van der Waals surface area contributed by atoms with Crippen LogP contribution in [-0.2, 0) is 6.54 Å². The van der Waals surface area contributed by atoms with E-state index in [9.17, 15) is 4.79 Å². The first kappa shape index (κ1) is 16.2. The molecule has 0 bridgehead atoms. The molecule has 8 nitrogen and oxygen atoms in total. The smallest absolute Gasteiger partial charge is 0.321 e. The topological polar surface area (TPSA) is 93.4 Å². The summed E-state index contributed by atoms with van der Waals surface area (Å²) in [7, 11) is 1.52. The van der Waals surface area contributed by atoms with Crippen LogP contribution < -0.4 is 15.0 Å². The van der Waals surface area contributed by atoms with Gasteiger partial charge >= 0.3 is 6.01 Å². The van der Waals surface area contributed by atoms with Gasteiger partial charge in [-0.3, -0.25) is 4.79 Å². The highest BCUT2D eigenvalue weighted by Gasteiger charge is 2.18. The molecule has 0 saturated carbocycles. The largest absolute Gasteiger partial charge is 0.467 e. The molecule has 0 aromatic carbocycles. The molecule has 1 aliphatic heterocycles. The minimum atomic E-state index is -0.216. The third-order valence-electron chi connectivity index (χ3n) is 3.91. The van der Waals surface area contributed by atoms with Crippen LogP contribution in [0.2, 0.25) is 0 Å². The van der Waals surface area contributed by atoms with E-state index in [-0.39, 0.29) is 18.5 Å². The van der Waals surface area contributed by atoms with Crippen molar-refractivity contribution in [3.63, 3.8) is 0 Å². The Labute approximate surface area is 140 Å². The standard InChI is InChI=1S/C16H21N5O3/c1-10-8-12(11(2)24-10)14(22)17-9-13-18-15(20-16(19-13)23-3)21-6-4-5-7-21/h8H,4-7,9H2,1-3H3,(H,17,22). The van der Waals surface area contributed by atoms with Crippen LogP contribution >= 0.6 is 0 Å². The molecule has 0 unspecified atom stereocenters. The van der Waals surface area contributed by atoms with E-state index in [2.05, 4.69) is 25.2 Å². The number of aromatic nitrogens is 3. The third kappa shape index (κ3) is 3.47. The third-order valence-corrected chi connectivity index (χ3v) is 3.91. The number of carbonyl (C=O) groups is 1. The Morgan fingerprint density at radius 3 is 2.67 bits per heavy atom. The average Bonchev–Trinajstić information content (AvgIpc) is 3.22. The molecule has 1 fully saturated rings. The van der Waals surface area contributed by atoms with Gasteiger partial charge in [-0.05, 0) is 32.8 Å². The van der Waals surface area contributed by atoms with E-state index in [1.807, 2.05) is 6.92 Å². The van der Waals surface area contributed by atoms with Gasteiger partial charge in [-0.1, -0.05) is 0 Å². The van der Waals surface area contributed by atoms with E-state index >= 15 is 0 Å². The maximum Gasteiger partial charge on any atom is 0.321 e. The Balaban J connectivity index is 1.73. The van der Waals surface area contributed by atoms with Crippen molar-refractivity contribution in [2.75, 3.05) is 25.1 Å². The molecule has 1 saturated heterocycles. The fraction of sp³-hybridized carbons (Fsp3) is 0.500. The van der Waals surface area contributed by atoms with Gasteiger partial charge in [0.2, 0.25) is 5.95 Å². The molecule has 8 heteroatoms. The number of furan rings is 1. The van der Waals surface area contributed by atoms with Crippen molar-refractivity contribution in [3.8, 4) is 6.01 Å². The molecule has 128 valence electrons. The number of methoxy groups -OCH3 is 1. The summed E-state index contributed by atoms with van der Waals surface area (Å²) in [5, 5.41) is 2.81. The zero-order valence-corrected chi connectivity index (χ0v) is 14.1. The molecule has 2 aromatic rings. The van der Waals surface area contributed by atoms with Crippen LogP contribution in [0.5, 0.6) is 6.01 Å². The maximum atomic E-state index is 12.3. The molecular weight excluding hydrogens is 310 g/mol. The molecular formula is C16H21N5O3. The van der Waals surface area contributed by atoms with Crippen LogP contribution in [0.3, 0.4) is 0 Å². The van der Waals surface area contributed by atoms with Gasteiger partial charge in [0.1, 0.15) is 11.5 Å². The van der Waals surface area contributed by atoms with E-state index in [4.69, 9.17) is 9.15 Å². The predicted octanol–water partition coefficient (Wildman–Crippen LogP) is 1.62. The fourth-order valence-corrected chi connectivity index (χ4v) is 2.73. The number of rotatable bonds is 5. The van der Waals surface area contributed by atoms with Crippen LogP contribution in [0.4, 0.5) is 5.95 Å². The monoisotopic (exact) mass is 331 g/mol. The van der Waals surface area contributed by atoms with Gasteiger partial charge in [0.25, 0.3) is 5.91 Å². The minimum absolute atomic E-state index is 0.197. The van der Waals surface area contributed by atoms with Gasteiger partial charge in [-0.2, -0.15) is 15.0 Å². The number of carbonyl (C=O) groups excluding carboxylic acids is 1. The van der Waals surface area contributed by atoms with E-state index in [0.717, 1.165) is 25.9 Å². The second kappa shape index (κ2) is 6.86. The molecule has 24 heavy (non-hydrogen) atoms. The lowest BCUT2D eigenvalue weighted by Gasteiger charge is -2.16. The van der Waals surface area contributed by atoms with Crippen molar-refractivity contribution in [1.29, 1.82) is 0 Å². The maximum absolute atomic E-state index is 12.3. The highest BCUT2D eigenvalue weighted by atomic mass is 16.5. The lowest BCUT2D eigenvalue weighted by molar-refractivity contribution is 0.0948. The Kier molecular flexibility index (Phi) is 4.64. The summed E-state index contributed by atoms with van der Waals surface area (Å²) in [5.41, 5.74) is 0.522. The first-order valence-corrected chi connectivity index (χ1v) is 7.96. The molecule has 3 rings (SSSR count). The summed E-state index contributed by atoms with van der Waals surface area (Å²) in [4.78, 5) is 27.3. The van der Waals surface area contributed by atoms with Crippen LogP contribution in [0.1, 0.15) is 40.5 Å². The molecule has 1 amide bonds. The highest BCUT2D eigenvalue weighted by molar-refractivity contribution is 5.95. The van der Waals surface area contributed by atoms with E-state index in [1.165, 1.54) is 7.11 Å². The van der Waals surface area contributed by atoms with E-state index in [0.29, 0.717) is 28.9 Å². The number of hydrogen-bond acceptors (Lipinski definition) is 7. The SMILES string of the molecule is COc1nc(CNC(=O)c2cc(C)oc2C)nc(N2CCCC2)n1. The first-order chi connectivity index (χ1) is 11.6. The Hall–Kier alpha value is -2.64. The molecule has 1 N–H and O–H groups in total. The van der Waals surface area contributed by atoms with Gasteiger partial charge in [-0.15, -0.1) is 0 Å². The predicted molar refractivity (Wildman–Crippen MR) is 87.2 cm³/mol. The van der Waals surface area contributed by atoms with E-state index in [1.54, 1.807) is 13.0 Å². The van der Waals surface area contributed by atoms with Crippen molar-refractivity contribution in [3.05, 3.63) is 29.0 Å². The highest BCUT2D eigenvalue weighted by Crippen LogP contribution is 2.18. The second-order valence-electron chi connectivity index (χ2n) is 5.74. The van der Waals surface area contributed by atoms with Gasteiger partial charge in [0, 0.05) is 13.1 Å². The van der Waals surface area contributed by atoms with Crippen LogP contribution in [0, 0.1) is 13.8 Å².